The molecule has 0 spiro atoms. The van der Waals surface area contributed by atoms with Gasteiger partial charge in [0.15, 0.2) is 5.82 Å². The number of rotatable bonds is 8. The van der Waals surface area contributed by atoms with Crippen molar-refractivity contribution in [3.63, 3.8) is 0 Å². The number of benzene rings is 3. The van der Waals surface area contributed by atoms with Crippen LogP contribution in [0.15, 0.2) is 91.4 Å². The van der Waals surface area contributed by atoms with E-state index in [0.29, 0.717) is 39.8 Å². The number of carbonyl (C=O) groups excluding carboxylic acids is 2. The van der Waals surface area contributed by atoms with Crippen molar-refractivity contribution in [3.05, 3.63) is 103 Å². The molecule has 3 aromatic carbocycles. The molecule has 4 N–H and O–H groups in total. The molecule has 1 atom stereocenters. The van der Waals surface area contributed by atoms with Crippen molar-refractivity contribution in [2.75, 3.05) is 12.4 Å². The minimum Gasteiger partial charge on any atom is -0.497 e. The molecule has 0 aliphatic carbocycles. The van der Waals surface area contributed by atoms with Crippen LogP contribution in [0.5, 0.6) is 5.75 Å². The molecule has 3 aromatic heterocycles. The summed E-state index contributed by atoms with van der Waals surface area (Å²) < 4.78 is 5.25. The normalized spacial score (nSPS) is 11.8. The number of imidazole rings is 2. The highest BCUT2D eigenvalue weighted by Gasteiger charge is 2.21. The van der Waals surface area contributed by atoms with Crippen molar-refractivity contribution in [2.45, 2.75) is 12.5 Å². The average Bonchev–Trinajstić information content (AvgIpc) is 3.66. The smallest absolute Gasteiger partial charge is 0.251 e. The van der Waals surface area contributed by atoms with Crippen molar-refractivity contribution >= 4 is 39.6 Å². The number of ether oxygens (including phenoxy) is 1. The van der Waals surface area contributed by atoms with Crippen molar-refractivity contribution in [2.24, 2.45) is 0 Å². The topological polar surface area (TPSA) is 138 Å². The molecule has 40 heavy (non-hydrogen) atoms. The molecule has 6 aromatic rings. The Labute approximate surface area is 228 Å². The molecule has 10 nitrogen and oxygen atoms in total. The molecular formula is C30H25N7O3. The van der Waals surface area contributed by atoms with Crippen LogP contribution in [-0.2, 0) is 4.79 Å². The predicted octanol–water partition coefficient (Wildman–Crippen LogP) is 5.01. The molecule has 0 aliphatic heterocycles. The van der Waals surface area contributed by atoms with Crippen LogP contribution in [0.2, 0.25) is 0 Å². The Morgan fingerprint density at radius 2 is 1.80 bits per heavy atom. The molecule has 198 valence electrons. The predicted molar refractivity (Wildman–Crippen MR) is 152 cm³/mol. The van der Waals surface area contributed by atoms with Crippen molar-refractivity contribution in [1.29, 1.82) is 0 Å². The highest BCUT2D eigenvalue weighted by molar-refractivity contribution is 5.98. The van der Waals surface area contributed by atoms with Gasteiger partial charge in [-0.05, 0) is 47.3 Å². The average molecular weight is 532 g/mol. The van der Waals surface area contributed by atoms with Gasteiger partial charge in [-0.25, -0.2) is 9.97 Å². The lowest BCUT2D eigenvalue weighted by Crippen LogP contribution is -2.31. The fourth-order valence-corrected chi connectivity index (χ4v) is 4.52. The molecule has 3 heterocycles. The minimum atomic E-state index is -0.594. The van der Waals surface area contributed by atoms with Gasteiger partial charge < -0.3 is 20.0 Å². The number of anilines is 1. The lowest BCUT2D eigenvalue weighted by Gasteiger charge is -2.19. The standard InChI is InChI=1S/C30H25N7O3/c1-40-22-9-6-18(7-10-22)24(16-27(38)37-30-31-12-13-32-30)36-29(39)20-8-11-23-25(15-20)35-28(34-23)26-14-19-4-2-3-5-21(19)17-33-26/h2-15,17,24H,16H2,1H3,(H,34,35)(H,36,39)(H2,31,32,37,38). The van der Waals surface area contributed by atoms with Gasteiger partial charge in [-0.15, -0.1) is 0 Å². The maximum Gasteiger partial charge on any atom is 0.251 e. The molecular weight excluding hydrogens is 506 g/mol. The molecule has 2 amide bonds. The van der Waals surface area contributed by atoms with E-state index in [4.69, 9.17) is 4.74 Å². The lowest BCUT2D eigenvalue weighted by atomic mass is 10.0. The molecule has 0 saturated heterocycles. The summed E-state index contributed by atoms with van der Waals surface area (Å²) in [5.74, 6) is 1.01. The first-order valence-corrected chi connectivity index (χ1v) is 12.6. The maximum absolute atomic E-state index is 13.4. The first-order chi connectivity index (χ1) is 19.6. The number of methoxy groups -OCH3 is 1. The quantitative estimate of drug-likeness (QED) is 0.218. The number of aromatic nitrogens is 5. The summed E-state index contributed by atoms with van der Waals surface area (Å²) in [4.78, 5) is 45.5. The van der Waals surface area contributed by atoms with Gasteiger partial charge in [-0.2, -0.15) is 0 Å². The Morgan fingerprint density at radius 1 is 0.975 bits per heavy atom. The van der Waals surface area contributed by atoms with Crippen LogP contribution in [-0.4, -0.2) is 43.8 Å². The zero-order valence-corrected chi connectivity index (χ0v) is 21.5. The number of pyridine rings is 1. The molecule has 6 rings (SSSR count). The third-order valence-electron chi connectivity index (χ3n) is 6.59. The van der Waals surface area contributed by atoms with E-state index in [1.165, 1.54) is 0 Å². The fourth-order valence-electron chi connectivity index (χ4n) is 4.52. The largest absolute Gasteiger partial charge is 0.497 e. The van der Waals surface area contributed by atoms with E-state index in [1.54, 1.807) is 49.8 Å². The first kappa shape index (κ1) is 24.8. The third-order valence-corrected chi connectivity index (χ3v) is 6.59. The summed E-state index contributed by atoms with van der Waals surface area (Å²) in [5, 5.41) is 7.82. The monoisotopic (exact) mass is 531 g/mol. The minimum absolute atomic E-state index is 0.00283. The number of hydrogen-bond donors (Lipinski definition) is 4. The van der Waals surface area contributed by atoms with Gasteiger partial charge in [0.1, 0.15) is 11.4 Å². The van der Waals surface area contributed by atoms with E-state index in [9.17, 15) is 9.59 Å². The van der Waals surface area contributed by atoms with Crippen LogP contribution in [0.4, 0.5) is 5.95 Å². The molecule has 0 saturated carbocycles. The summed E-state index contributed by atoms with van der Waals surface area (Å²) in [6.45, 7) is 0. The van der Waals surface area contributed by atoms with E-state index in [-0.39, 0.29) is 18.2 Å². The van der Waals surface area contributed by atoms with Crippen LogP contribution in [0, 0.1) is 0 Å². The Bertz CT molecular complexity index is 1810. The zero-order valence-electron chi connectivity index (χ0n) is 21.5. The maximum atomic E-state index is 13.4. The number of nitrogens with one attached hydrogen (secondary N) is 4. The summed E-state index contributed by atoms with van der Waals surface area (Å²) in [6, 6.07) is 21.9. The van der Waals surface area contributed by atoms with E-state index >= 15 is 0 Å². The molecule has 0 bridgehead atoms. The molecule has 0 fully saturated rings. The van der Waals surface area contributed by atoms with E-state index in [0.717, 1.165) is 16.3 Å². The SMILES string of the molecule is COc1ccc(C(CC(=O)Nc2ncc[nH]2)NC(=O)c2ccc3nc(-c4cc5ccccc5cn4)[nH]c3c2)cc1. The van der Waals surface area contributed by atoms with Crippen LogP contribution >= 0.6 is 0 Å². The summed E-state index contributed by atoms with van der Waals surface area (Å²) in [5.41, 5.74) is 3.32. The second-order valence-corrected chi connectivity index (χ2v) is 9.22. The van der Waals surface area contributed by atoms with Crippen LogP contribution in [0.25, 0.3) is 33.3 Å². The van der Waals surface area contributed by atoms with Gasteiger partial charge in [-0.3, -0.25) is 19.9 Å². The van der Waals surface area contributed by atoms with Gasteiger partial charge in [-0.1, -0.05) is 36.4 Å². The molecule has 1 unspecified atom stereocenters. The summed E-state index contributed by atoms with van der Waals surface area (Å²) in [7, 11) is 1.58. The first-order valence-electron chi connectivity index (χ1n) is 12.6. The lowest BCUT2D eigenvalue weighted by molar-refractivity contribution is -0.116. The zero-order chi connectivity index (χ0) is 27.5. The fraction of sp³-hybridized carbons (Fsp3) is 0.100. The van der Waals surface area contributed by atoms with E-state index < -0.39 is 6.04 Å². The third kappa shape index (κ3) is 5.23. The van der Waals surface area contributed by atoms with Gasteiger partial charge in [0.25, 0.3) is 5.91 Å². The van der Waals surface area contributed by atoms with Crippen LogP contribution in [0.1, 0.15) is 28.4 Å². The van der Waals surface area contributed by atoms with E-state index in [1.807, 2.05) is 48.7 Å². The van der Waals surface area contributed by atoms with Crippen LogP contribution in [0.3, 0.4) is 0 Å². The van der Waals surface area contributed by atoms with Crippen LogP contribution < -0.4 is 15.4 Å². The van der Waals surface area contributed by atoms with Crippen molar-refractivity contribution in [3.8, 4) is 17.3 Å². The number of H-pyrrole nitrogens is 2. The highest BCUT2D eigenvalue weighted by atomic mass is 16.5. The summed E-state index contributed by atoms with van der Waals surface area (Å²) >= 11 is 0. The Hall–Kier alpha value is -5.51. The number of carbonyl (C=O) groups is 2. The number of hydrogen-bond acceptors (Lipinski definition) is 6. The Kier molecular flexibility index (Phi) is 6.63. The van der Waals surface area contributed by atoms with Gasteiger partial charge in [0, 0.05) is 29.5 Å². The Morgan fingerprint density at radius 3 is 2.58 bits per heavy atom. The van der Waals surface area contributed by atoms with Crippen molar-refractivity contribution < 1.29 is 14.3 Å². The number of amides is 2. The number of nitrogens with zero attached hydrogens (tertiary/aromatic N) is 3. The van der Waals surface area contributed by atoms with Gasteiger partial charge in [0.2, 0.25) is 11.9 Å². The number of fused-ring (bicyclic) bond motifs is 2. The second kappa shape index (κ2) is 10.7. The Balaban J connectivity index is 1.24. The molecule has 0 radical (unpaired) electrons. The molecule has 10 heteroatoms. The van der Waals surface area contributed by atoms with Gasteiger partial charge in [0.05, 0.1) is 30.6 Å². The van der Waals surface area contributed by atoms with Crippen molar-refractivity contribution in [1.82, 2.24) is 30.2 Å². The number of aromatic amines is 2. The molecule has 0 aliphatic rings. The second-order valence-electron chi connectivity index (χ2n) is 9.22. The highest BCUT2D eigenvalue weighted by Crippen LogP contribution is 2.25. The summed E-state index contributed by atoms with van der Waals surface area (Å²) in [6.07, 6.45) is 4.98. The van der Waals surface area contributed by atoms with E-state index in [2.05, 4.69) is 35.6 Å². The van der Waals surface area contributed by atoms with Gasteiger partial charge >= 0.3 is 0 Å².